The molecule has 0 radical (unpaired) electrons. The summed E-state index contributed by atoms with van der Waals surface area (Å²) in [6.45, 7) is 3.57. The topological polar surface area (TPSA) is 102 Å². The van der Waals surface area contributed by atoms with Crippen LogP contribution in [-0.4, -0.2) is 54.2 Å². The van der Waals surface area contributed by atoms with E-state index in [1.54, 1.807) is 29.3 Å². The zero-order valence-electron chi connectivity index (χ0n) is 22.6. The first-order valence-electron chi connectivity index (χ1n) is 14.0. The molecule has 1 saturated heterocycles. The van der Waals surface area contributed by atoms with Crippen LogP contribution in [0.15, 0.2) is 48.7 Å². The van der Waals surface area contributed by atoms with Crippen LogP contribution in [-0.2, 0) is 6.54 Å². The summed E-state index contributed by atoms with van der Waals surface area (Å²) in [6, 6.07) is 11.3. The molecule has 2 fully saturated rings. The van der Waals surface area contributed by atoms with Gasteiger partial charge in [0, 0.05) is 48.4 Å². The highest BCUT2D eigenvalue weighted by atomic mass is 19.1. The number of likely N-dealkylation sites (tertiary alicyclic amines) is 1. The third-order valence-electron chi connectivity index (χ3n) is 8.29. The quantitative estimate of drug-likeness (QED) is 0.307. The van der Waals surface area contributed by atoms with Crippen LogP contribution in [0.3, 0.4) is 0 Å². The number of aromatic nitrogens is 4. The lowest BCUT2D eigenvalue weighted by Gasteiger charge is -2.30. The summed E-state index contributed by atoms with van der Waals surface area (Å²) < 4.78 is 33.8. The Balaban J connectivity index is 1.34. The van der Waals surface area contributed by atoms with Crippen molar-refractivity contribution in [3.05, 3.63) is 71.4 Å². The van der Waals surface area contributed by atoms with Crippen LogP contribution in [0.25, 0.3) is 39.2 Å². The molecule has 1 saturated carbocycles. The number of rotatable bonds is 5. The molecule has 41 heavy (non-hydrogen) atoms. The number of aromatic hydroxyl groups is 1. The fourth-order valence-corrected chi connectivity index (χ4v) is 5.94. The van der Waals surface area contributed by atoms with Gasteiger partial charge in [0.05, 0.1) is 17.0 Å². The van der Waals surface area contributed by atoms with Gasteiger partial charge in [-0.3, -0.25) is 4.79 Å². The normalized spacial score (nSPS) is 17.6. The fraction of sp³-hybridized carbons (Fsp3) is 0.323. The average Bonchev–Trinajstić information content (AvgIpc) is 3.63. The molecular formula is C31H30F2N6O2. The van der Waals surface area contributed by atoms with E-state index in [1.807, 2.05) is 19.1 Å². The Bertz CT molecular complexity index is 1840. The van der Waals surface area contributed by atoms with Crippen LogP contribution in [0, 0.1) is 24.5 Å². The third kappa shape index (κ3) is 4.42. The van der Waals surface area contributed by atoms with Crippen molar-refractivity contribution in [3.63, 3.8) is 0 Å². The highest BCUT2D eigenvalue weighted by Gasteiger charge is 2.28. The second-order valence-electron chi connectivity index (χ2n) is 11.3. The van der Waals surface area contributed by atoms with E-state index >= 15 is 4.39 Å². The number of phenolic OH excluding ortho intramolecular Hbond substituents is 1. The minimum Gasteiger partial charge on any atom is -0.505 e. The number of benzene rings is 1. The Labute approximate surface area is 235 Å². The largest absolute Gasteiger partial charge is 0.505 e. The summed E-state index contributed by atoms with van der Waals surface area (Å²) in [4.78, 5) is 19.7. The van der Waals surface area contributed by atoms with Crippen LogP contribution in [0.4, 0.5) is 8.78 Å². The standard InChI is InChI=1S/C31H30F2N6O2/c1-17-28(36-39-15-20(12-23(32)29(17)39)31(41)37-11-3-4-21(34)16-37)25-13-19-9-10-24(22-5-2-6-26(40)27(22)33)35-30(19)38(25)14-18-7-8-18/h2,5-6,9-10,12-13,15,18,21,40H,3-4,7-8,11,14,16,34H2,1H3/t21-/m1/s1. The lowest BCUT2D eigenvalue weighted by atomic mass is 10.1. The number of carbonyl (C=O) groups excluding carboxylic acids is 1. The molecule has 10 heteroatoms. The minimum atomic E-state index is -0.719. The van der Waals surface area contributed by atoms with Crippen molar-refractivity contribution in [2.45, 2.75) is 45.2 Å². The van der Waals surface area contributed by atoms with Gasteiger partial charge in [0.2, 0.25) is 0 Å². The van der Waals surface area contributed by atoms with Gasteiger partial charge in [0.1, 0.15) is 22.7 Å². The number of fused-ring (bicyclic) bond motifs is 2. The van der Waals surface area contributed by atoms with Crippen LogP contribution in [0.5, 0.6) is 5.75 Å². The Morgan fingerprint density at radius 3 is 2.76 bits per heavy atom. The lowest BCUT2D eigenvalue weighted by Crippen LogP contribution is -2.45. The maximum Gasteiger partial charge on any atom is 0.255 e. The maximum atomic E-state index is 15.5. The first kappa shape index (κ1) is 25.6. The first-order chi connectivity index (χ1) is 19.8. The summed E-state index contributed by atoms with van der Waals surface area (Å²) in [5.74, 6) is -1.43. The molecule has 8 nitrogen and oxygen atoms in total. The average molecular weight is 557 g/mol. The van der Waals surface area contributed by atoms with Crippen LogP contribution in [0.2, 0.25) is 0 Å². The lowest BCUT2D eigenvalue weighted by molar-refractivity contribution is 0.0707. The summed E-state index contributed by atoms with van der Waals surface area (Å²) in [6.07, 6.45) is 5.48. The molecule has 2 aliphatic rings. The van der Waals surface area contributed by atoms with Crippen molar-refractivity contribution in [2.24, 2.45) is 11.7 Å². The Kier molecular flexibility index (Phi) is 6.04. The number of hydrogen-bond acceptors (Lipinski definition) is 5. The van der Waals surface area contributed by atoms with E-state index in [9.17, 15) is 14.3 Å². The zero-order chi connectivity index (χ0) is 28.4. The van der Waals surface area contributed by atoms with E-state index in [-0.39, 0.29) is 23.1 Å². The minimum absolute atomic E-state index is 0.0774. The molecular weight excluding hydrogens is 526 g/mol. The number of phenols is 1. The second kappa shape index (κ2) is 9.66. The number of nitrogens with zero attached hydrogens (tertiary/aromatic N) is 5. The molecule has 0 bridgehead atoms. The molecule has 0 spiro atoms. The Hall–Kier alpha value is -4.31. The van der Waals surface area contributed by atoms with Crippen molar-refractivity contribution in [1.29, 1.82) is 0 Å². The molecule has 1 aliphatic heterocycles. The monoisotopic (exact) mass is 556 g/mol. The Morgan fingerprint density at radius 2 is 1.98 bits per heavy atom. The van der Waals surface area contributed by atoms with Crippen LogP contribution < -0.4 is 5.73 Å². The second-order valence-corrected chi connectivity index (χ2v) is 11.3. The van der Waals surface area contributed by atoms with E-state index in [0.29, 0.717) is 53.7 Å². The van der Waals surface area contributed by atoms with Gasteiger partial charge in [-0.2, -0.15) is 5.10 Å². The van der Waals surface area contributed by atoms with Gasteiger partial charge in [-0.05, 0) is 74.9 Å². The summed E-state index contributed by atoms with van der Waals surface area (Å²) in [5.41, 5.74) is 9.93. The van der Waals surface area contributed by atoms with E-state index in [0.717, 1.165) is 36.8 Å². The molecule has 0 unspecified atom stereocenters. The van der Waals surface area contributed by atoms with Gasteiger partial charge in [0.15, 0.2) is 11.6 Å². The molecule has 1 aliphatic carbocycles. The zero-order valence-corrected chi connectivity index (χ0v) is 22.6. The SMILES string of the molecule is Cc1c(-c2cc3ccc(-c4cccc(O)c4F)nc3n2CC2CC2)nn2cc(C(=O)N3CCC[C@@H](N)C3)cc(F)c12. The molecule has 4 aromatic heterocycles. The van der Waals surface area contributed by atoms with Crippen molar-refractivity contribution in [1.82, 2.24) is 24.1 Å². The number of piperidine rings is 1. The van der Waals surface area contributed by atoms with Gasteiger partial charge in [0.25, 0.3) is 5.91 Å². The van der Waals surface area contributed by atoms with E-state index < -0.39 is 17.4 Å². The van der Waals surface area contributed by atoms with Crippen LogP contribution >= 0.6 is 0 Å². The van der Waals surface area contributed by atoms with Crippen molar-refractivity contribution in [3.8, 4) is 28.4 Å². The number of pyridine rings is 2. The Morgan fingerprint density at radius 1 is 1.15 bits per heavy atom. The van der Waals surface area contributed by atoms with E-state index in [1.165, 1.54) is 16.6 Å². The molecule has 7 rings (SSSR count). The maximum absolute atomic E-state index is 15.5. The molecule has 210 valence electrons. The molecule has 5 aromatic rings. The summed E-state index contributed by atoms with van der Waals surface area (Å²) in [5, 5.41) is 15.5. The smallest absolute Gasteiger partial charge is 0.255 e. The summed E-state index contributed by atoms with van der Waals surface area (Å²) in [7, 11) is 0. The van der Waals surface area contributed by atoms with Crippen LogP contribution in [0.1, 0.15) is 41.6 Å². The number of halogens is 2. The van der Waals surface area contributed by atoms with Gasteiger partial charge in [-0.1, -0.05) is 6.07 Å². The van der Waals surface area contributed by atoms with Crippen molar-refractivity contribution >= 4 is 22.5 Å². The third-order valence-corrected chi connectivity index (χ3v) is 8.29. The molecule has 1 amide bonds. The number of hydrogen-bond donors (Lipinski definition) is 2. The number of nitrogens with two attached hydrogens (primary N) is 1. The van der Waals surface area contributed by atoms with Gasteiger partial charge in [-0.15, -0.1) is 0 Å². The van der Waals surface area contributed by atoms with Gasteiger partial charge < -0.3 is 20.3 Å². The van der Waals surface area contributed by atoms with Gasteiger partial charge >= 0.3 is 0 Å². The fourth-order valence-electron chi connectivity index (χ4n) is 5.94. The summed E-state index contributed by atoms with van der Waals surface area (Å²) >= 11 is 0. The van der Waals surface area contributed by atoms with E-state index in [4.69, 9.17) is 15.8 Å². The van der Waals surface area contributed by atoms with Gasteiger partial charge in [-0.25, -0.2) is 18.3 Å². The molecule has 1 aromatic carbocycles. The van der Waals surface area contributed by atoms with Crippen molar-refractivity contribution in [2.75, 3.05) is 13.1 Å². The highest BCUT2D eigenvalue weighted by Crippen LogP contribution is 2.38. The van der Waals surface area contributed by atoms with Crippen molar-refractivity contribution < 1.29 is 18.7 Å². The van der Waals surface area contributed by atoms with E-state index in [2.05, 4.69) is 4.57 Å². The predicted molar refractivity (Wildman–Crippen MR) is 152 cm³/mol. The molecule has 3 N–H and O–H groups in total. The highest BCUT2D eigenvalue weighted by molar-refractivity contribution is 5.95. The molecule has 1 atom stereocenters. The first-order valence-corrected chi connectivity index (χ1v) is 14.0. The number of aryl methyl sites for hydroxylation is 1. The number of carbonyl (C=O) groups is 1. The predicted octanol–water partition coefficient (Wildman–Crippen LogP) is 5.28. The molecule has 5 heterocycles. The number of amides is 1.